The summed E-state index contributed by atoms with van der Waals surface area (Å²) in [6.45, 7) is 2.56. The zero-order chi connectivity index (χ0) is 13.7. The van der Waals surface area contributed by atoms with Crippen molar-refractivity contribution in [2.24, 2.45) is 0 Å². The monoisotopic (exact) mass is 261 g/mol. The lowest BCUT2D eigenvalue weighted by atomic mass is 10.1. The van der Waals surface area contributed by atoms with Crippen LogP contribution in [0, 0.1) is 0 Å². The number of rotatable bonds is 7. The van der Waals surface area contributed by atoms with Gasteiger partial charge in [-0.3, -0.25) is 4.79 Å². The summed E-state index contributed by atoms with van der Waals surface area (Å²) in [4.78, 5) is 11.2. The highest BCUT2D eigenvalue weighted by molar-refractivity contribution is 5.80. The fraction of sp³-hybridized carbons (Fsp3) is 0.400. The van der Waals surface area contributed by atoms with Crippen molar-refractivity contribution in [2.45, 2.75) is 38.8 Å². The van der Waals surface area contributed by atoms with Crippen LogP contribution in [0.15, 0.2) is 34.9 Å². The Morgan fingerprint density at radius 2 is 2.26 bits per heavy atom. The molecule has 0 fully saturated rings. The highest BCUT2D eigenvalue weighted by Gasteiger charge is 2.16. The number of fused-ring (bicyclic) bond motifs is 1. The van der Waals surface area contributed by atoms with Crippen LogP contribution in [0.2, 0.25) is 0 Å². The number of para-hydroxylation sites is 1. The normalized spacial score (nSPS) is 12.7. The smallest absolute Gasteiger partial charge is 0.320 e. The van der Waals surface area contributed by atoms with Crippen LogP contribution in [0.4, 0.5) is 0 Å². The molecule has 4 nitrogen and oxygen atoms in total. The van der Waals surface area contributed by atoms with Crippen LogP contribution < -0.4 is 5.32 Å². The fourth-order valence-electron chi connectivity index (χ4n) is 2.15. The van der Waals surface area contributed by atoms with Crippen molar-refractivity contribution in [2.75, 3.05) is 0 Å². The highest BCUT2D eigenvalue weighted by atomic mass is 16.4. The van der Waals surface area contributed by atoms with E-state index in [9.17, 15) is 4.79 Å². The second kappa shape index (κ2) is 6.38. The molecule has 0 radical (unpaired) electrons. The molecule has 0 aliphatic heterocycles. The van der Waals surface area contributed by atoms with Gasteiger partial charge in [0.25, 0.3) is 0 Å². The van der Waals surface area contributed by atoms with Crippen LogP contribution in [0.25, 0.3) is 11.0 Å². The molecule has 0 spiro atoms. The SMILES string of the molecule is CCCC[C@H](NCc1cccc2ccoc12)C(=O)O. The topological polar surface area (TPSA) is 62.5 Å². The zero-order valence-corrected chi connectivity index (χ0v) is 11.1. The standard InChI is InChI=1S/C15H19NO3/c1-2-3-7-13(15(17)18)16-10-12-6-4-5-11-8-9-19-14(11)12/h4-6,8-9,13,16H,2-3,7,10H2,1H3,(H,17,18)/t13-/m0/s1. The van der Waals surface area contributed by atoms with Crippen LogP contribution in [-0.2, 0) is 11.3 Å². The summed E-state index contributed by atoms with van der Waals surface area (Å²) in [5, 5.41) is 13.3. The fourth-order valence-corrected chi connectivity index (χ4v) is 2.15. The maximum absolute atomic E-state index is 11.2. The molecule has 0 unspecified atom stereocenters. The first-order chi connectivity index (χ1) is 9.22. The number of carboxylic acid groups (broad SMARTS) is 1. The van der Waals surface area contributed by atoms with E-state index >= 15 is 0 Å². The van der Waals surface area contributed by atoms with Crippen LogP contribution in [-0.4, -0.2) is 17.1 Å². The maximum Gasteiger partial charge on any atom is 0.320 e. The van der Waals surface area contributed by atoms with Crippen molar-refractivity contribution >= 4 is 16.9 Å². The Hall–Kier alpha value is -1.81. The van der Waals surface area contributed by atoms with Crippen molar-refractivity contribution in [1.29, 1.82) is 0 Å². The molecule has 2 N–H and O–H groups in total. The van der Waals surface area contributed by atoms with Gasteiger partial charge in [-0.2, -0.15) is 0 Å². The molecule has 102 valence electrons. The number of carboxylic acids is 1. The molecule has 1 heterocycles. The van der Waals surface area contributed by atoms with Crippen LogP contribution in [0.5, 0.6) is 0 Å². The summed E-state index contributed by atoms with van der Waals surface area (Å²) < 4.78 is 5.44. The van der Waals surface area contributed by atoms with Gasteiger partial charge in [-0.15, -0.1) is 0 Å². The molecule has 1 aromatic heterocycles. The quantitative estimate of drug-likeness (QED) is 0.803. The number of furan rings is 1. The summed E-state index contributed by atoms with van der Waals surface area (Å²) in [7, 11) is 0. The number of carbonyl (C=O) groups is 1. The Balaban J connectivity index is 2.04. The minimum absolute atomic E-state index is 0.495. The first kappa shape index (κ1) is 13.6. The van der Waals surface area contributed by atoms with Crippen molar-refractivity contribution < 1.29 is 14.3 Å². The van der Waals surface area contributed by atoms with Crippen molar-refractivity contribution in [3.63, 3.8) is 0 Å². The number of hydrogen-bond acceptors (Lipinski definition) is 3. The Labute approximate surface area is 112 Å². The van der Waals surface area contributed by atoms with E-state index in [2.05, 4.69) is 12.2 Å². The Morgan fingerprint density at radius 3 is 3.00 bits per heavy atom. The summed E-state index contributed by atoms with van der Waals surface area (Å²) in [5.41, 5.74) is 1.82. The third-order valence-corrected chi connectivity index (χ3v) is 3.24. The van der Waals surface area contributed by atoms with Crippen molar-refractivity contribution in [3.05, 3.63) is 36.1 Å². The van der Waals surface area contributed by atoms with Gasteiger partial charge in [-0.25, -0.2) is 0 Å². The summed E-state index contributed by atoms with van der Waals surface area (Å²) in [6, 6.07) is 7.30. The van der Waals surface area contributed by atoms with Crippen LogP contribution in [0.3, 0.4) is 0 Å². The van der Waals surface area contributed by atoms with Gasteiger partial charge in [0.2, 0.25) is 0 Å². The number of unbranched alkanes of at least 4 members (excludes halogenated alkanes) is 1. The van der Waals surface area contributed by atoms with Gasteiger partial charge in [0.15, 0.2) is 0 Å². The first-order valence-corrected chi connectivity index (χ1v) is 6.63. The highest BCUT2D eigenvalue weighted by Crippen LogP contribution is 2.19. The molecule has 0 saturated carbocycles. The number of benzene rings is 1. The Kier molecular flexibility index (Phi) is 4.58. The number of aliphatic carboxylic acids is 1. The third kappa shape index (κ3) is 3.35. The molecule has 19 heavy (non-hydrogen) atoms. The second-order valence-corrected chi connectivity index (χ2v) is 4.67. The van der Waals surface area contributed by atoms with E-state index in [1.54, 1.807) is 6.26 Å². The molecule has 0 aliphatic carbocycles. The van der Waals surface area contributed by atoms with E-state index in [0.29, 0.717) is 13.0 Å². The molecule has 4 heteroatoms. The predicted octanol–water partition coefficient (Wildman–Crippen LogP) is 3.17. The van der Waals surface area contributed by atoms with Gasteiger partial charge < -0.3 is 14.8 Å². The molecule has 0 bridgehead atoms. The maximum atomic E-state index is 11.2. The Morgan fingerprint density at radius 1 is 1.42 bits per heavy atom. The summed E-state index contributed by atoms with van der Waals surface area (Å²) in [5.74, 6) is -0.792. The van der Waals surface area contributed by atoms with Gasteiger partial charge in [-0.05, 0) is 12.5 Å². The average Bonchev–Trinajstić information content (AvgIpc) is 2.87. The second-order valence-electron chi connectivity index (χ2n) is 4.67. The predicted molar refractivity (Wildman–Crippen MR) is 74.0 cm³/mol. The van der Waals surface area contributed by atoms with Crippen molar-refractivity contribution in [3.8, 4) is 0 Å². The lowest BCUT2D eigenvalue weighted by Crippen LogP contribution is -2.36. The van der Waals surface area contributed by atoms with E-state index in [-0.39, 0.29) is 0 Å². The molecule has 0 saturated heterocycles. The van der Waals surface area contributed by atoms with Gasteiger partial charge in [-0.1, -0.05) is 38.0 Å². The molecular formula is C15H19NO3. The van der Waals surface area contributed by atoms with E-state index in [0.717, 1.165) is 29.4 Å². The Bertz CT molecular complexity index is 547. The molecule has 2 rings (SSSR count). The molecular weight excluding hydrogens is 242 g/mol. The van der Waals surface area contributed by atoms with Gasteiger partial charge in [0, 0.05) is 17.5 Å². The van der Waals surface area contributed by atoms with Gasteiger partial charge in [0.05, 0.1) is 6.26 Å². The molecule has 0 aliphatic rings. The van der Waals surface area contributed by atoms with Gasteiger partial charge in [0.1, 0.15) is 11.6 Å². The molecule has 1 atom stereocenters. The van der Waals surface area contributed by atoms with E-state index in [1.165, 1.54) is 0 Å². The number of nitrogens with one attached hydrogen (secondary N) is 1. The summed E-state index contributed by atoms with van der Waals surface area (Å²) in [6.07, 6.45) is 4.22. The average molecular weight is 261 g/mol. The van der Waals surface area contributed by atoms with E-state index in [1.807, 2.05) is 24.3 Å². The van der Waals surface area contributed by atoms with Crippen LogP contribution in [0.1, 0.15) is 31.7 Å². The van der Waals surface area contributed by atoms with Gasteiger partial charge >= 0.3 is 5.97 Å². The van der Waals surface area contributed by atoms with E-state index in [4.69, 9.17) is 9.52 Å². The van der Waals surface area contributed by atoms with E-state index < -0.39 is 12.0 Å². The zero-order valence-electron chi connectivity index (χ0n) is 11.1. The number of hydrogen-bond donors (Lipinski definition) is 2. The first-order valence-electron chi connectivity index (χ1n) is 6.63. The largest absolute Gasteiger partial charge is 0.480 e. The van der Waals surface area contributed by atoms with Crippen LogP contribution >= 0.6 is 0 Å². The molecule has 1 aromatic carbocycles. The molecule has 2 aromatic rings. The van der Waals surface area contributed by atoms with Crippen molar-refractivity contribution in [1.82, 2.24) is 5.32 Å². The summed E-state index contributed by atoms with van der Waals surface area (Å²) >= 11 is 0. The lowest BCUT2D eigenvalue weighted by molar-refractivity contribution is -0.139. The minimum atomic E-state index is -0.792. The molecule has 0 amide bonds. The third-order valence-electron chi connectivity index (χ3n) is 3.24. The lowest BCUT2D eigenvalue weighted by Gasteiger charge is -2.14. The minimum Gasteiger partial charge on any atom is -0.480 e.